The van der Waals surface area contributed by atoms with Gasteiger partial charge in [-0.15, -0.1) is 0 Å². The molecule has 0 amide bonds. The maximum atomic E-state index is 8.51. The first kappa shape index (κ1) is 15.4. The molecule has 3 N–H and O–H groups in total. The Labute approximate surface area is 125 Å². The Bertz CT molecular complexity index is 470. The van der Waals surface area contributed by atoms with Crippen molar-refractivity contribution in [2.45, 2.75) is 12.8 Å². The summed E-state index contributed by atoms with van der Waals surface area (Å²) in [6.45, 7) is 5.01. The number of piperazine rings is 1. The van der Waals surface area contributed by atoms with Gasteiger partial charge in [0.05, 0.1) is 12.8 Å². The van der Waals surface area contributed by atoms with Gasteiger partial charge in [0.1, 0.15) is 11.6 Å². The van der Waals surface area contributed by atoms with Gasteiger partial charge >= 0.3 is 0 Å². The van der Waals surface area contributed by atoms with Gasteiger partial charge in [-0.25, -0.2) is 0 Å². The molecular weight excluding hydrogens is 268 g/mol. The van der Waals surface area contributed by atoms with E-state index in [1.807, 2.05) is 18.2 Å². The molecule has 0 radical (unpaired) electrons. The third-order valence-corrected chi connectivity index (χ3v) is 3.83. The van der Waals surface area contributed by atoms with E-state index in [0.717, 1.165) is 50.6 Å². The highest BCUT2D eigenvalue weighted by atomic mass is 16.5. The summed E-state index contributed by atoms with van der Waals surface area (Å²) in [5.74, 6) is 1.24. The molecule has 2 rings (SSSR count). The number of ether oxygens (including phenoxy) is 1. The van der Waals surface area contributed by atoms with E-state index in [2.05, 4.69) is 21.0 Å². The third-order valence-electron chi connectivity index (χ3n) is 3.83. The smallest absolute Gasteiger partial charge is 0.142 e. The highest BCUT2D eigenvalue weighted by Gasteiger charge is 2.19. The summed E-state index contributed by atoms with van der Waals surface area (Å²) in [5.41, 5.74) is 6.64. The summed E-state index contributed by atoms with van der Waals surface area (Å²) in [5, 5.41) is 11.5. The molecule has 6 heteroatoms. The van der Waals surface area contributed by atoms with Crippen LogP contribution in [0, 0.1) is 0 Å². The summed E-state index contributed by atoms with van der Waals surface area (Å²) in [6, 6.07) is 8.14. The molecule has 0 aromatic heterocycles. The number of para-hydroxylation sites is 2. The van der Waals surface area contributed by atoms with Gasteiger partial charge in [0, 0.05) is 32.6 Å². The zero-order valence-electron chi connectivity index (χ0n) is 12.5. The molecule has 1 aromatic carbocycles. The maximum absolute atomic E-state index is 8.51. The van der Waals surface area contributed by atoms with E-state index in [1.165, 1.54) is 0 Å². The normalized spacial score (nSPS) is 17.0. The number of rotatable bonds is 6. The van der Waals surface area contributed by atoms with Crippen LogP contribution in [0.5, 0.6) is 5.75 Å². The number of oxime groups is 1. The molecule has 1 heterocycles. The molecule has 21 heavy (non-hydrogen) atoms. The molecule has 0 atom stereocenters. The van der Waals surface area contributed by atoms with Crippen molar-refractivity contribution in [2.24, 2.45) is 10.9 Å². The average Bonchev–Trinajstić information content (AvgIpc) is 2.55. The monoisotopic (exact) mass is 292 g/mol. The number of amidine groups is 1. The molecule has 0 spiro atoms. The lowest BCUT2D eigenvalue weighted by atomic mass is 10.2. The number of nitrogens with zero attached hydrogens (tertiary/aromatic N) is 3. The van der Waals surface area contributed by atoms with Crippen LogP contribution < -0.4 is 15.4 Å². The average molecular weight is 292 g/mol. The second-order valence-electron chi connectivity index (χ2n) is 5.20. The van der Waals surface area contributed by atoms with Gasteiger partial charge in [-0.1, -0.05) is 17.3 Å². The van der Waals surface area contributed by atoms with Crippen LogP contribution in [0.4, 0.5) is 5.69 Å². The molecule has 0 bridgehead atoms. The first-order valence-corrected chi connectivity index (χ1v) is 7.31. The number of methoxy groups -OCH3 is 1. The summed E-state index contributed by atoms with van der Waals surface area (Å²) in [4.78, 5) is 4.77. The topological polar surface area (TPSA) is 74.3 Å². The largest absolute Gasteiger partial charge is 0.495 e. The molecule has 1 saturated heterocycles. The fourth-order valence-electron chi connectivity index (χ4n) is 2.64. The van der Waals surface area contributed by atoms with E-state index < -0.39 is 0 Å². The standard InChI is InChI=1S/C15H24N4O2/c1-21-14-6-3-2-5-13(14)19-11-9-18(10-12-19)8-4-7-15(16)17-20/h2-3,5-6,20H,4,7-12H2,1H3,(H2,16,17). The van der Waals surface area contributed by atoms with Crippen LogP contribution >= 0.6 is 0 Å². The summed E-state index contributed by atoms with van der Waals surface area (Å²) in [7, 11) is 1.71. The van der Waals surface area contributed by atoms with Crippen molar-refractivity contribution in [3.05, 3.63) is 24.3 Å². The molecule has 1 aliphatic rings. The minimum atomic E-state index is 0.308. The molecule has 6 nitrogen and oxygen atoms in total. The van der Waals surface area contributed by atoms with Crippen molar-refractivity contribution in [1.29, 1.82) is 0 Å². The lowest BCUT2D eigenvalue weighted by Gasteiger charge is -2.36. The van der Waals surface area contributed by atoms with Crippen molar-refractivity contribution >= 4 is 11.5 Å². The predicted molar refractivity (Wildman–Crippen MR) is 84.3 cm³/mol. The van der Waals surface area contributed by atoms with Crippen molar-refractivity contribution < 1.29 is 9.94 Å². The molecule has 0 aliphatic carbocycles. The van der Waals surface area contributed by atoms with E-state index in [0.29, 0.717) is 12.3 Å². The fraction of sp³-hybridized carbons (Fsp3) is 0.533. The highest BCUT2D eigenvalue weighted by Crippen LogP contribution is 2.28. The zero-order valence-corrected chi connectivity index (χ0v) is 12.5. The minimum Gasteiger partial charge on any atom is -0.495 e. The van der Waals surface area contributed by atoms with Crippen LogP contribution in [0.3, 0.4) is 0 Å². The van der Waals surface area contributed by atoms with E-state index in [4.69, 9.17) is 15.7 Å². The second-order valence-corrected chi connectivity index (χ2v) is 5.20. The van der Waals surface area contributed by atoms with Crippen molar-refractivity contribution in [2.75, 3.05) is 44.7 Å². The van der Waals surface area contributed by atoms with Gasteiger partial charge in [-0.05, 0) is 25.1 Å². The van der Waals surface area contributed by atoms with Crippen LogP contribution in [-0.2, 0) is 0 Å². The third kappa shape index (κ3) is 4.26. The number of anilines is 1. The molecule has 1 fully saturated rings. The summed E-state index contributed by atoms with van der Waals surface area (Å²) < 4.78 is 5.42. The Morgan fingerprint density at radius 1 is 1.29 bits per heavy atom. The van der Waals surface area contributed by atoms with Crippen LogP contribution in [0.1, 0.15) is 12.8 Å². The Hall–Kier alpha value is -1.95. The lowest BCUT2D eigenvalue weighted by molar-refractivity contribution is 0.255. The van der Waals surface area contributed by atoms with Gasteiger partial charge in [-0.3, -0.25) is 4.90 Å². The van der Waals surface area contributed by atoms with E-state index >= 15 is 0 Å². The van der Waals surface area contributed by atoms with E-state index in [1.54, 1.807) is 7.11 Å². The molecule has 0 saturated carbocycles. The Balaban J connectivity index is 1.80. The number of hydrogen-bond donors (Lipinski definition) is 2. The van der Waals surface area contributed by atoms with Crippen molar-refractivity contribution in [3.63, 3.8) is 0 Å². The van der Waals surface area contributed by atoms with Gasteiger partial charge in [0.15, 0.2) is 0 Å². The second kappa shape index (κ2) is 7.73. The molecule has 0 unspecified atom stereocenters. The molecule has 1 aromatic rings. The number of benzene rings is 1. The molecule has 1 aliphatic heterocycles. The van der Waals surface area contributed by atoms with Gasteiger partial charge in [0.25, 0.3) is 0 Å². The van der Waals surface area contributed by atoms with Crippen molar-refractivity contribution in [3.8, 4) is 5.75 Å². The Morgan fingerprint density at radius 3 is 2.67 bits per heavy atom. The van der Waals surface area contributed by atoms with Crippen LogP contribution in [0.2, 0.25) is 0 Å². The first-order chi connectivity index (χ1) is 10.2. The minimum absolute atomic E-state index is 0.308. The van der Waals surface area contributed by atoms with Gasteiger partial charge < -0.3 is 20.6 Å². The van der Waals surface area contributed by atoms with Crippen LogP contribution in [0.15, 0.2) is 29.4 Å². The first-order valence-electron chi connectivity index (χ1n) is 7.31. The quantitative estimate of drug-likeness (QED) is 0.358. The van der Waals surface area contributed by atoms with Crippen LogP contribution in [0.25, 0.3) is 0 Å². The van der Waals surface area contributed by atoms with E-state index in [-0.39, 0.29) is 0 Å². The summed E-state index contributed by atoms with van der Waals surface area (Å²) in [6.07, 6.45) is 1.56. The zero-order chi connectivity index (χ0) is 15.1. The highest BCUT2D eigenvalue weighted by molar-refractivity contribution is 5.79. The molecule has 116 valence electrons. The fourth-order valence-corrected chi connectivity index (χ4v) is 2.64. The molecular formula is C15H24N4O2. The SMILES string of the molecule is COc1ccccc1N1CCN(CCC/C(N)=N/O)CC1. The van der Waals surface area contributed by atoms with Crippen LogP contribution in [-0.4, -0.2) is 55.8 Å². The van der Waals surface area contributed by atoms with Crippen molar-refractivity contribution in [1.82, 2.24) is 4.90 Å². The maximum Gasteiger partial charge on any atom is 0.142 e. The number of hydrogen-bond acceptors (Lipinski definition) is 5. The van der Waals surface area contributed by atoms with Gasteiger partial charge in [-0.2, -0.15) is 0 Å². The summed E-state index contributed by atoms with van der Waals surface area (Å²) >= 11 is 0. The Kier molecular flexibility index (Phi) is 5.68. The van der Waals surface area contributed by atoms with Gasteiger partial charge in [0.2, 0.25) is 0 Å². The van der Waals surface area contributed by atoms with E-state index in [9.17, 15) is 0 Å². The number of nitrogens with two attached hydrogens (primary N) is 1. The predicted octanol–water partition coefficient (Wildman–Crippen LogP) is 1.34. The Morgan fingerprint density at radius 2 is 2.00 bits per heavy atom. The lowest BCUT2D eigenvalue weighted by Crippen LogP contribution is -2.46.